The minimum atomic E-state index is 0.584. The largest absolute Gasteiger partial charge is 0.330 e. The van der Waals surface area contributed by atoms with Gasteiger partial charge < -0.3 is 5.73 Å². The molecular formula is C10H11Cl2N. The fraction of sp³-hybridized carbons (Fsp3) is 0.400. The first-order valence-electron chi connectivity index (χ1n) is 4.37. The zero-order valence-electron chi connectivity index (χ0n) is 7.13. The van der Waals surface area contributed by atoms with Crippen molar-refractivity contribution in [3.05, 3.63) is 33.8 Å². The number of hydrogen-bond donors (Lipinski definition) is 1. The monoisotopic (exact) mass is 215 g/mol. The van der Waals surface area contributed by atoms with Crippen LogP contribution in [0.5, 0.6) is 0 Å². The predicted octanol–water partition coefficient (Wildman–Crippen LogP) is 3.06. The minimum absolute atomic E-state index is 0.584. The van der Waals surface area contributed by atoms with E-state index in [2.05, 4.69) is 0 Å². The Kier molecular flexibility index (Phi) is 2.50. The summed E-state index contributed by atoms with van der Waals surface area (Å²) in [5, 5.41) is 1.43. The van der Waals surface area contributed by atoms with E-state index < -0.39 is 0 Å². The number of benzene rings is 1. The normalized spacial score (nSPS) is 26.1. The summed E-state index contributed by atoms with van der Waals surface area (Å²) in [5.74, 6) is 1.22. The molecule has 1 aromatic carbocycles. The quantitative estimate of drug-likeness (QED) is 0.807. The van der Waals surface area contributed by atoms with Gasteiger partial charge in [0.2, 0.25) is 0 Å². The highest BCUT2D eigenvalue weighted by molar-refractivity contribution is 6.34. The number of hydrogen-bond acceptors (Lipinski definition) is 1. The van der Waals surface area contributed by atoms with Crippen molar-refractivity contribution in [1.29, 1.82) is 0 Å². The fourth-order valence-electron chi connectivity index (χ4n) is 1.71. The van der Waals surface area contributed by atoms with Crippen molar-refractivity contribution in [2.45, 2.75) is 12.3 Å². The molecule has 0 unspecified atom stereocenters. The highest BCUT2D eigenvalue weighted by Gasteiger charge is 2.37. The summed E-state index contributed by atoms with van der Waals surface area (Å²) < 4.78 is 0. The van der Waals surface area contributed by atoms with Crippen LogP contribution >= 0.6 is 23.2 Å². The molecule has 2 atom stereocenters. The molecule has 2 N–H and O–H groups in total. The number of halogens is 2. The van der Waals surface area contributed by atoms with Crippen LogP contribution in [0, 0.1) is 5.92 Å². The number of rotatable bonds is 2. The van der Waals surface area contributed by atoms with Gasteiger partial charge in [0, 0.05) is 10.0 Å². The van der Waals surface area contributed by atoms with Crippen molar-refractivity contribution in [2.24, 2.45) is 11.7 Å². The first-order valence-corrected chi connectivity index (χ1v) is 5.12. The molecule has 1 fully saturated rings. The first-order chi connectivity index (χ1) is 6.20. The van der Waals surface area contributed by atoms with Gasteiger partial charge in [0.25, 0.3) is 0 Å². The van der Waals surface area contributed by atoms with E-state index in [0.29, 0.717) is 21.9 Å². The molecule has 1 aromatic rings. The predicted molar refractivity (Wildman–Crippen MR) is 56.4 cm³/mol. The summed E-state index contributed by atoms with van der Waals surface area (Å²) >= 11 is 11.8. The summed E-state index contributed by atoms with van der Waals surface area (Å²) in [6.45, 7) is 0.759. The van der Waals surface area contributed by atoms with E-state index in [1.165, 1.54) is 12.0 Å². The van der Waals surface area contributed by atoms with Gasteiger partial charge >= 0.3 is 0 Å². The van der Waals surface area contributed by atoms with Gasteiger partial charge in [0.15, 0.2) is 0 Å². The zero-order valence-corrected chi connectivity index (χ0v) is 8.65. The molecule has 3 heteroatoms. The summed E-state index contributed by atoms with van der Waals surface area (Å²) in [5.41, 5.74) is 6.80. The molecule has 0 radical (unpaired) electrons. The Morgan fingerprint density at radius 2 is 1.85 bits per heavy atom. The molecule has 1 aliphatic rings. The van der Waals surface area contributed by atoms with Crippen LogP contribution in [0.4, 0.5) is 0 Å². The molecule has 0 spiro atoms. The maximum atomic E-state index is 5.90. The fourth-order valence-corrected chi connectivity index (χ4v) is 2.25. The van der Waals surface area contributed by atoms with Crippen LogP contribution in [0.15, 0.2) is 18.2 Å². The maximum Gasteiger partial charge on any atom is 0.0423 e. The Hall–Kier alpha value is -0.240. The smallest absolute Gasteiger partial charge is 0.0423 e. The topological polar surface area (TPSA) is 26.0 Å². The van der Waals surface area contributed by atoms with E-state index in [0.717, 1.165) is 6.54 Å². The van der Waals surface area contributed by atoms with Gasteiger partial charge in [0.05, 0.1) is 0 Å². The molecule has 0 amide bonds. The van der Waals surface area contributed by atoms with Gasteiger partial charge in [-0.2, -0.15) is 0 Å². The van der Waals surface area contributed by atoms with E-state index in [9.17, 15) is 0 Å². The van der Waals surface area contributed by atoms with Gasteiger partial charge in [-0.3, -0.25) is 0 Å². The van der Waals surface area contributed by atoms with Crippen LogP contribution in [0.3, 0.4) is 0 Å². The lowest BCUT2D eigenvalue weighted by Crippen LogP contribution is -2.01. The Morgan fingerprint density at radius 1 is 1.23 bits per heavy atom. The highest BCUT2D eigenvalue weighted by Crippen LogP contribution is 2.47. The van der Waals surface area contributed by atoms with E-state index in [-0.39, 0.29) is 0 Å². The van der Waals surface area contributed by atoms with E-state index in [1.54, 1.807) is 6.07 Å². The molecular weight excluding hydrogens is 205 g/mol. The average molecular weight is 216 g/mol. The van der Waals surface area contributed by atoms with Crippen LogP contribution in [0.2, 0.25) is 10.0 Å². The van der Waals surface area contributed by atoms with Gasteiger partial charge in [0.1, 0.15) is 0 Å². The van der Waals surface area contributed by atoms with Gasteiger partial charge in [-0.1, -0.05) is 23.2 Å². The van der Waals surface area contributed by atoms with Gasteiger partial charge in [-0.05, 0) is 48.6 Å². The first kappa shape index (κ1) is 9.32. The molecule has 0 aliphatic heterocycles. The Labute approximate surface area is 87.8 Å². The Morgan fingerprint density at radius 3 is 2.31 bits per heavy atom. The van der Waals surface area contributed by atoms with Gasteiger partial charge in [-0.15, -0.1) is 0 Å². The zero-order chi connectivity index (χ0) is 9.42. The molecule has 1 nitrogen and oxygen atoms in total. The van der Waals surface area contributed by atoms with Crippen molar-refractivity contribution in [2.75, 3.05) is 6.54 Å². The molecule has 0 aromatic heterocycles. The molecule has 1 saturated carbocycles. The molecule has 0 saturated heterocycles. The lowest BCUT2D eigenvalue weighted by molar-refractivity contribution is 0.810. The standard InChI is InChI=1S/C10H11Cl2N/c11-8-1-6(2-9(12)4-8)10-3-7(10)5-13/h1-2,4,7,10H,3,5,13H2/t7-,10+/m0/s1. The Bertz CT molecular complexity index is 304. The van der Waals surface area contributed by atoms with E-state index >= 15 is 0 Å². The summed E-state index contributed by atoms with van der Waals surface area (Å²) in [4.78, 5) is 0. The van der Waals surface area contributed by atoms with E-state index in [4.69, 9.17) is 28.9 Å². The van der Waals surface area contributed by atoms with Gasteiger partial charge in [-0.25, -0.2) is 0 Å². The third-order valence-electron chi connectivity index (χ3n) is 2.54. The van der Waals surface area contributed by atoms with Crippen LogP contribution in [0.25, 0.3) is 0 Å². The summed E-state index contributed by atoms with van der Waals surface area (Å²) in [6, 6.07) is 5.72. The second kappa shape index (κ2) is 3.49. The second-order valence-corrected chi connectivity index (χ2v) is 4.41. The van der Waals surface area contributed by atoms with Crippen molar-refractivity contribution < 1.29 is 0 Å². The summed E-state index contributed by atoms with van der Waals surface area (Å²) in [7, 11) is 0. The lowest BCUT2D eigenvalue weighted by Gasteiger charge is -2.01. The van der Waals surface area contributed by atoms with Crippen molar-refractivity contribution in [3.8, 4) is 0 Å². The maximum absolute atomic E-state index is 5.90. The van der Waals surface area contributed by atoms with Crippen LogP contribution in [0.1, 0.15) is 17.9 Å². The average Bonchev–Trinajstić information content (AvgIpc) is 2.80. The van der Waals surface area contributed by atoms with Crippen molar-refractivity contribution in [3.63, 3.8) is 0 Å². The molecule has 0 heterocycles. The second-order valence-electron chi connectivity index (χ2n) is 3.54. The minimum Gasteiger partial charge on any atom is -0.330 e. The van der Waals surface area contributed by atoms with Crippen LogP contribution in [-0.4, -0.2) is 6.54 Å². The third kappa shape index (κ3) is 1.98. The number of nitrogens with two attached hydrogens (primary N) is 1. The van der Waals surface area contributed by atoms with Crippen molar-refractivity contribution >= 4 is 23.2 Å². The van der Waals surface area contributed by atoms with E-state index in [1.807, 2.05) is 12.1 Å². The summed E-state index contributed by atoms with van der Waals surface area (Å²) in [6.07, 6.45) is 1.17. The lowest BCUT2D eigenvalue weighted by atomic mass is 10.1. The molecule has 70 valence electrons. The van der Waals surface area contributed by atoms with Crippen LogP contribution < -0.4 is 5.73 Å². The molecule has 2 rings (SSSR count). The molecule has 13 heavy (non-hydrogen) atoms. The Balaban J connectivity index is 2.22. The third-order valence-corrected chi connectivity index (χ3v) is 2.97. The molecule has 0 bridgehead atoms. The SMILES string of the molecule is NC[C@@H]1C[C@@H]1c1cc(Cl)cc(Cl)c1. The van der Waals surface area contributed by atoms with Crippen LogP contribution in [-0.2, 0) is 0 Å². The highest BCUT2D eigenvalue weighted by atomic mass is 35.5. The molecule has 1 aliphatic carbocycles. The van der Waals surface area contributed by atoms with Crippen molar-refractivity contribution in [1.82, 2.24) is 0 Å².